The van der Waals surface area contributed by atoms with Crippen LogP contribution in [0.25, 0.3) is 0 Å². The van der Waals surface area contributed by atoms with Crippen molar-refractivity contribution in [3.8, 4) is 5.75 Å². The second-order valence-electron chi connectivity index (χ2n) is 5.48. The number of benzene rings is 2. The molecule has 0 fully saturated rings. The van der Waals surface area contributed by atoms with E-state index in [1.165, 1.54) is 7.11 Å². The Morgan fingerprint density at radius 3 is 2.76 bits per heavy atom. The minimum Gasteiger partial charge on any atom is -0.494 e. The predicted molar refractivity (Wildman–Crippen MR) is 101 cm³/mol. The number of halogens is 2. The lowest BCUT2D eigenvalue weighted by atomic mass is 10.1. The highest BCUT2D eigenvalue weighted by Crippen LogP contribution is 2.34. The molecule has 0 spiro atoms. The molecule has 0 aromatic heterocycles. The molecule has 2 aromatic carbocycles. The lowest BCUT2D eigenvalue weighted by Gasteiger charge is -2.16. The zero-order chi connectivity index (χ0) is 17.8. The van der Waals surface area contributed by atoms with Crippen LogP contribution in [-0.2, 0) is 0 Å². The average molecular weight is 378 g/mol. The van der Waals surface area contributed by atoms with Gasteiger partial charge in [-0.3, -0.25) is 9.79 Å². The quantitative estimate of drug-likeness (QED) is 0.846. The van der Waals surface area contributed by atoms with Gasteiger partial charge in [0, 0.05) is 24.3 Å². The van der Waals surface area contributed by atoms with Crippen LogP contribution in [0.1, 0.15) is 22.3 Å². The predicted octanol–water partition coefficient (Wildman–Crippen LogP) is 3.99. The summed E-state index contributed by atoms with van der Waals surface area (Å²) in [6.07, 6.45) is 1.02. The van der Waals surface area contributed by atoms with Crippen molar-refractivity contribution in [2.45, 2.75) is 6.42 Å². The van der Waals surface area contributed by atoms with Crippen LogP contribution in [0.5, 0.6) is 5.75 Å². The van der Waals surface area contributed by atoms with Crippen molar-refractivity contribution in [1.82, 2.24) is 5.32 Å². The van der Waals surface area contributed by atoms with Gasteiger partial charge < -0.3 is 15.4 Å². The van der Waals surface area contributed by atoms with Gasteiger partial charge in [-0.05, 0) is 30.7 Å². The molecule has 0 atom stereocenters. The van der Waals surface area contributed by atoms with Gasteiger partial charge in [0.1, 0.15) is 11.4 Å². The van der Waals surface area contributed by atoms with E-state index in [-0.39, 0.29) is 22.2 Å². The first-order valence-corrected chi connectivity index (χ1v) is 8.58. The molecule has 2 aromatic rings. The Morgan fingerprint density at radius 2 is 2.04 bits per heavy atom. The molecule has 1 aliphatic rings. The molecule has 0 saturated carbocycles. The highest BCUT2D eigenvalue weighted by molar-refractivity contribution is 6.37. The molecule has 25 heavy (non-hydrogen) atoms. The minimum absolute atomic E-state index is 0.204. The smallest absolute Gasteiger partial charge is 0.261 e. The number of amides is 1. The van der Waals surface area contributed by atoms with E-state index in [0.29, 0.717) is 10.7 Å². The largest absolute Gasteiger partial charge is 0.494 e. The summed E-state index contributed by atoms with van der Waals surface area (Å²) in [4.78, 5) is 17.1. The number of hydrogen-bond acceptors (Lipinski definition) is 4. The van der Waals surface area contributed by atoms with Crippen LogP contribution in [0.4, 0.5) is 5.69 Å². The first kappa shape index (κ1) is 17.6. The zero-order valence-electron chi connectivity index (χ0n) is 13.6. The summed E-state index contributed by atoms with van der Waals surface area (Å²) in [5.41, 5.74) is 1.76. The van der Waals surface area contributed by atoms with Gasteiger partial charge in [-0.25, -0.2) is 0 Å². The Bertz CT molecular complexity index is 837. The van der Waals surface area contributed by atoms with Gasteiger partial charge >= 0.3 is 0 Å². The summed E-state index contributed by atoms with van der Waals surface area (Å²) in [5, 5.41) is 6.69. The van der Waals surface area contributed by atoms with Crippen LogP contribution in [0, 0.1) is 0 Å². The third kappa shape index (κ3) is 3.89. The van der Waals surface area contributed by atoms with Crippen molar-refractivity contribution in [1.29, 1.82) is 0 Å². The molecular weight excluding hydrogens is 361 g/mol. The first-order chi connectivity index (χ1) is 12.1. The van der Waals surface area contributed by atoms with Crippen molar-refractivity contribution in [3.05, 3.63) is 57.6 Å². The van der Waals surface area contributed by atoms with E-state index in [4.69, 9.17) is 27.9 Å². The summed E-state index contributed by atoms with van der Waals surface area (Å²) in [7, 11) is 1.45. The van der Waals surface area contributed by atoms with Crippen LogP contribution in [-0.4, -0.2) is 31.9 Å². The Balaban J connectivity index is 1.87. The lowest BCUT2D eigenvalue weighted by Crippen LogP contribution is -2.30. The second-order valence-corrected chi connectivity index (χ2v) is 6.30. The normalized spacial score (nSPS) is 13.6. The molecule has 3 rings (SSSR count). The number of hydrogen-bond donors (Lipinski definition) is 2. The van der Waals surface area contributed by atoms with E-state index in [9.17, 15) is 4.79 Å². The molecule has 0 aliphatic carbocycles. The molecule has 0 bridgehead atoms. The van der Waals surface area contributed by atoms with Crippen LogP contribution in [0.3, 0.4) is 0 Å². The van der Waals surface area contributed by atoms with Crippen LogP contribution < -0.4 is 15.4 Å². The zero-order valence-corrected chi connectivity index (χ0v) is 15.1. The fraction of sp³-hybridized carbons (Fsp3) is 0.222. The van der Waals surface area contributed by atoms with Crippen molar-refractivity contribution in [2.24, 2.45) is 4.99 Å². The SMILES string of the molecule is COc1c(Cl)ccc(Cl)c1C(=O)Nc1cccc(C2=NCCCN2)c1. The maximum Gasteiger partial charge on any atom is 0.261 e. The Morgan fingerprint density at radius 1 is 1.24 bits per heavy atom. The molecule has 7 heteroatoms. The maximum absolute atomic E-state index is 12.7. The van der Waals surface area contributed by atoms with E-state index in [0.717, 1.165) is 30.9 Å². The molecule has 130 valence electrons. The standard InChI is InChI=1S/C18H17Cl2N3O2/c1-25-16-14(20)7-6-13(19)15(16)18(24)23-12-5-2-4-11(10-12)17-21-8-3-9-22-17/h2,4-7,10H,3,8-9H2,1H3,(H,21,22)(H,23,24). The molecule has 1 amide bonds. The highest BCUT2D eigenvalue weighted by Gasteiger charge is 2.20. The van der Waals surface area contributed by atoms with Gasteiger partial charge in [-0.15, -0.1) is 0 Å². The number of carbonyl (C=O) groups is 1. The van der Waals surface area contributed by atoms with Crippen molar-refractivity contribution >= 4 is 40.6 Å². The number of amidine groups is 1. The number of nitrogens with zero attached hydrogens (tertiary/aromatic N) is 1. The maximum atomic E-state index is 12.7. The van der Waals surface area contributed by atoms with Gasteiger partial charge in [0.15, 0.2) is 5.75 Å². The van der Waals surface area contributed by atoms with Crippen molar-refractivity contribution in [3.63, 3.8) is 0 Å². The fourth-order valence-corrected chi connectivity index (χ4v) is 3.08. The Labute approximate surface area is 156 Å². The summed E-state index contributed by atoms with van der Waals surface area (Å²) in [5.74, 6) is 0.696. The number of aliphatic imine (C=N–C) groups is 1. The molecule has 0 radical (unpaired) electrons. The monoisotopic (exact) mass is 377 g/mol. The fourth-order valence-electron chi connectivity index (χ4n) is 2.61. The number of nitrogens with one attached hydrogen (secondary N) is 2. The number of ether oxygens (including phenoxy) is 1. The van der Waals surface area contributed by atoms with Crippen LogP contribution in [0.15, 0.2) is 41.4 Å². The molecule has 2 N–H and O–H groups in total. The van der Waals surface area contributed by atoms with Crippen LogP contribution >= 0.6 is 23.2 Å². The molecule has 1 heterocycles. The Kier molecular flexibility index (Phi) is 5.46. The molecule has 5 nitrogen and oxygen atoms in total. The van der Waals surface area contributed by atoms with E-state index in [2.05, 4.69) is 15.6 Å². The number of rotatable bonds is 4. The summed E-state index contributed by atoms with van der Waals surface area (Å²) < 4.78 is 5.23. The van der Waals surface area contributed by atoms with E-state index >= 15 is 0 Å². The molecule has 0 saturated heterocycles. The average Bonchev–Trinajstić information content (AvgIpc) is 2.64. The number of anilines is 1. The van der Waals surface area contributed by atoms with E-state index in [1.807, 2.05) is 18.2 Å². The van der Waals surface area contributed by atoms with Crippen molar-refractivity contribution in [2.75, 3.05) is 25.5 Å². The second kappa shape index (κ2) is 7.76. The third-order valence-corrected chi connectivity index (χ3v) is 4.39. The topological polar surface area (TPSA) is 62.7 Å². The summed E-state index contributed by atoms with van der Waals surface area (Å²) >= 11 is 12.3. The van der Waals surface area contributed by atoms with Gasteiger partial charge in [-0.1, -0.05) is 35.3 Å². The molecule has 1 aliphatic heterocycles. The van der Waals surface area contributed by atoms with Gasteiger partial charge in [-0.2, -0.15) is 0 Å². The number of methoxy groups -OCH3 is 1. The van der Waals surface area contributed by atoms with Gasteiger partial charge in [0.25, 0.3) is 5.91 Å². The Hall–Kier alpha value is -2.24. The minimum atomic E-state index is -0.389. The summed E-state index contributed by atoms with van der Waals surface area (Å²) in [6, 6.07) is 10.6. The number of carbonyl (C=O) groups excluding carboxylic acids is 1. The summed E-state index contributed by atoms with van der Waals surface area (Å²) in [6.45, 7) is 1.69. The van der Waals surface area contributed by atoms with Gasteiger partial charge in [0.2, 0.25) is 0 Å². The molecular formula is C18H17Cl2N3O2. The van der Waals surface area contributed by atoms with E-state index in [1.54, 1.807) is 18.2 Å². The van der Waals surface area contributed by atoms with Gasteiger partial charge in [0.05, 0.1) is 17.2 Å². The van der Waals surface area contributed by atoms with Crippen molar-refractivity contribution < 1.29 is 9.53 Å². The van der Waals surface area contributed by atoms with E-state index < -0.39 is 0 Å². The van der Waals surface area contributed by atoms with Crippen LogP contribution in [0.2, 0.25) is 10.0 Å². The third-order valence-electron chi connectivity index (χ3n) is 3.78. The molecule has 0 unspecified atom stereocenters. The highest BCUT2D eigenvalue weighted by atomic mass is 35.5. The lowest BCUT2D eigenvalue weighted by molar-refractivity contribution is 0.102. The first-order valence-electron chi connectivity index (χ1n) is 7.82.